The molecule has 0 radical (unpaired) electrons. The van der Waals surface area contributed by atoms with Gasteiger partial charge in [-0.05, 0) is 79.8 Å². The molecule has 2 unspecified atom stereocenters. The molecule has 1 aliphatic carbocycles. The van der Waals surface area contributed by atoms with Gasteiger partial charge in [-0.15, -0.1) is 0 Å². The maximum absolute atomic E-state index is 12.1. The van der Waals surface area contributed by atoms with Crippen LogP contribution < -0.4 is 0 Å². The maximum atomic E-state index is 12.1. The summed E-state index contributed by atoms with van der Waals surface area (Å²) in [5.41, 5.74) is 8.78. The minimum atomic E-state index is -0.125. The Morgan fingerprint density at radius 1 is 1.27 bits per heavy atom. The van der Waals surface area contributed by atoms with Crippen LogP contribution in [0.4, 0.5) is 0 Å². The van der Waals surface area contributed by atoms with Crippen molar-refractivity contribution in [3.63, 3.8) is 0 Å². The lowest BCUT2D eigenvalue weighted by Crippen LogP contribution is -2.11. The van der Waals surface area contributed by atoms with Crippen molar-refractivity contribution in [3.8, 4) is 0 Å². The van der Waals surface area contributed by atoms with E-state index in [0.717, 1.165) is 36.9 Å². The van der Waals surface area contributed by atoms with E-state index < -0.39 is 0 Å². The van der Waals surface area contributed by atoms with Gasteiger partial charge in [0.25, 0.3) is 0 Å². The number of hydrogen-bond acceptors (Lipinski definition) is 3. The number of hydrogen-bond donors (Lipinski definition) is 0. The molecule has 3 heteroatoms. The Morgan fingerprint density at radius 3 is 2.77 bits per heavy atom. The summed E-state index contributed by atoms with van der Waals surface area (Å²) in [6.45, 7) is 8.56. The molecule has 0 saturated carbocycles. The Labute approximate surface area is 180 Å². The van der Waals surface area contributed by atoms with Crippen LogP contribution in [0.3, 0.4) is 0 Å². The number of carbonyl (C=O) groups excluding carboxylic acids is 1. The largest absolute Gasteiger partial charge is 0.469 e. The molecule has 2 aromatic carbocycles. The van der Waals surface area contributed by atoms with Gasteiger partial charge >= 0.3 is 5.97 Å². The molecule has 3 rings (SSSR count). The monoisotopic (exact) mass is 403 g/mol. The van der Waals surface area contributed by atoms with Crippen molar-refractivity contribution in [3.05, 3.63) is 81.6 Å². The summed E-state index contributed by atoms with van der Waals surface area (Å²) in [7, 11) is 1.47. The minimum absolute atomic E-state index is 0.117. The average molecular weight is 404 g/mol. The first-order valence-corrected chi connectivity index (χ1v) is 10.9. The van der Waals surface area contributed by atoms with Gasteiger partial charge in [0.2, 0.25) is 0 Å². The molecule has 3 nitrogen and oxygen atoms in total. The molecule has 0 bridgehead atoms. The fourth-order valence-corrected chi connectivity index (χ4v) is 4.51. The molecule has 0 aromatic heterocycles. The zero-order chi connectivity index (χ0) is 21.7. The number of methoxy groups -OCH3 is 1. The van der Waals surface area contributed by atoms with Crippen LogP contribution in [0.1, 0.15) is 71.9 Å². The number of carbonyl (C=O) groups is 1. The van der Waals surface area contributed by atoms with Crippen molar-refractivity contribution >= 4 is 12.2 Å². The number of ether oxygens (including phenoxy) is 1. The molecule has 158 valence electrons. The van der Waals surface area contributed by atoms with Gasteiger partial charge in [-0.25, -0.2) is 0 Å². The quantitative estimate of drug-likeness (QED) is 0.407. The number of rotatable bonds is 7. The van der Waals surface area contributed by atoms with Gasteiger partial charge in [-0.3, -0.25) is 9.79 Å². The van der Waals surface area contributed by atoms with Crippen LogP contribution in [-0.4, -0.2) is 19.3 Å². The third kappa shape index (κ3) is 4.56. The van der Waals surface area contributed by atoms with Crippen molar-refractivity contribution in [1.82, 2.24) is 0 Å². The van der Waals surface area contributed by atoms with Gasteiger partial charge < -0.3 is 4.74 Å². The highest BCUT2D eigenvalue weighted by molar-refractivity contribution is 5.79. The van der Waals surface area contributed by atoms with Crippen molar-refractivity contribution in [2.75, 3.05) is 7.11 Å². The molecule has 30 heavy (non-hydrogen) atoms. The van der Waals surface area contributed by atoms with Crippen molar-refractivity contribution in [1.29, 1.82) is 0 Å². The van der Waals surface area contributed by atoms with E-state index in [4.69, 9.17) is 9.73 Å². The number of aliphatic imine (C=N–C) groups is 1. The Morgan fingerprint density at radius 2 is 2.07 bits per heavy atom. The number of fused-ring (bicyclic) bond motifs is 1. The van der Waals surface area contributed by atoms with E-state index in [1.165, 1.54) is 34.9 Å². The van der Waals surface area contributed by atoms with Crippen LogP contribution in [0.2, 0.25) is 0 Å². The number of benzene rings is 2. The molecule has 0 heterocycles. The van der Waals surface area contributed by atoms with E-state index in [1.807, 2.05) is 6.21 Å². The lowest BCUT2D eigenvalue weighted by molar-refractivity contribution is -0.142. The summed E-state index contributed by atoms with van der Waals surface area (Å²) in [5, 5.41) is 0. The van der Waals surface area contributed by atoms with Gasteiger partial charge in [0, 0.05) is 17.8 Å². The Balaban J connectivity index is 1.97. The summed E-state index contributed by atoms with van der Waals surface area (Å²) in [6.07, 6.45) is 7.72. The summed E-state index contributed by atoms with van der Waals surface area (Å²) >= 11 is 0. The molecule has 0 fully saturated rings. The van der Waals surface area contributed by atoms with Crippen LogP contribution in [-0.2, 0) is 22.4 Å². The molecule has 0 spiro atoms. The van der Waals surface area contributed by atoms with Crippen LogP contribution in [0, 0.1) is 13.8 Å². The maximum Gasteiger partial charge on any atom is 0.313 e. The molecular formula is C27H33NO2. The first-order valence-electron chi connectivity index (χ1n) is 10.9. The van der Waals surface area contributed by atoms with Gasteiger partial charge in [0.15, 0.2) is 0 Å². The molecule has 0 aliphatic heterocycles. The van der Waals surface area contributed by atoms with Crippen molar-refractivity contribution in [2.24, 2.45) is 4.99 Å². The fourth-order valence-electron chi connectivity index (χ4n) is 4.51. The van der Waals surface area contributed by atoms with E-state index in [9.17, 15) is 4.79 Å². The molecule has 2 atom stereocenters. The molecule has 0 N–H and O–H groups in total. The molecule has 2 aromatic rings. The predicted octanol–water partition coefficient (Wildman–Crippen LogP) is 6.22. The first-order chi connectivity index (χ1) is 14.5. The van der Waals surface area contributed by atoms with Gasteiger partial charge in [0.1, 0.15) is 0 Å². The van der Waals surface area contributed by atoms with Gasteiger partial charge in [0.05, 0.1) is 13.0 Å². The number of aryl methyl sites for hydroxylation is 2. The second kappa shape index (κ2) is 9.88. The van der Waals surface area contributed by atoms with E-state index in [1.54, 1.807) is 0 Å². The first kappa shape index (κ1) is 22.0. The normalized spacial score (nSPS) is 17.2. The highest BCUT2D eigenvalue weighted by atomic mass is 16.5. The Bertz CT molecular complexity index is 971. The van der Waals surface area contributed by atoms with Crippen molar-refractivity contribution < 1.29 is 9.53 Å². The summed E-state index contributed by atoms with van der Waals surface area (Å²) < 4.78 is 4.99. The van der Waals surface area contributed by atoms with Crippen LogP contribution in [0.5, 0.6) is 0 Å². The highest BCUT2D eigenvalue weighted by Crippen LogP contribution is 2.37. The standard InChI is InChI=1S/C27H33NO2/c1-6-15-28-26(7-2)25(22-10-8-9-18(3)19(22)4)17-20-11-13-23-21(16-20)12-14-24(23)27(29)30-5/h7-11,13,15-16,24-25H,6,12,14,17H2,1-5H3/b26-7-,28-15?. The third-order valence-corrected chi connectivity index (χ3v) is 6.31. The second-order valence-electron chi connectivity index (χ2n) is 8.13. The molecule has 0 amide bonds. The number of esters is 1. The van der Waals surface area contributed by atoms with E-state index in [2.05, 4.69) is 70.2 Å². The van der Waals surface area contributed by atoms with E-state index in [-0.39, 0.29) is 17.8 Å². The minimum Gasteiger partial charge on any atom is -0.469 e. The van der Waals surface area contributed by atoms with Crippen LogP contribution in [0.25, 0.3) is 0 Å². The summed E-state index contributed by atoms with van der Waals surface area (Å²) in [6, 6.07) is 13.1. The lowest BCUT2D eigenvalue weighted by Gasteiger charge is -2.22. The second-order valence-corrected chi connectivity index (χ2v) is 8.13. The fraction of sp³-hybridized carbons (Fsp3) is 0.407. The zero-order valence-corrected chi connectivity index (χ0v) is 18.9. The van der Waals surface area contributed by atoms with Gasteiger partial charge in [-0.2, -0.15) is 0 Å². The Kier molecular flexibility index (Phi) is 7.25. The van der Waals surface area contributed by atoms with Gasteiger partial charge in [-0.1, -0.05) is 49.4 Å². The molecule has 0 saturated heterocycles. The van der Waals surface area contributed by atoms with E-state index in [0.29, 0.717) is 0 Å². The highest BCUT2D eigenvalue weighted by Gasteiger charge is 2.30. The molecular weight excluding hydrogens is 370 g/mol. The number of nitrogens with zero attached hydrogens (tertiary/aromatic N) is 1. The Hall–Kier alpha value is -2.68. The molecule has 1 aliphatic rings. The van der Waals surface area contributed by atoms with Crippen LogP contribution in [0.15, 0.2) is 53.2 Å². The lowest BCUT2D eigenvalue weighted by atomic mass is 9.84. The number of allylic oxidation sites excluding steroid dienone is 2. The predicted molar refractivity (Wildman–Crippen MR) is 124 cm³/mol. The smallest absolute Gasteiger partial charge is 0.313 e. The topological polar surface area (TPSA) is 38.7 Å². The SMILES string of the molecule is C/C=C(\N=CCC)C(Cc1ccc2c(c1)CCC2C(=O)OC)c1cccc(C)c1C. The van der Waals surface area contributed by atoms with Crippen molar-refractivity contribution in [2.45, 2.75) is 65.2 Å². The summed E-state index contributed by atoms with van der Waals surface area (Å²) in [5.74, 6) is -0.0393. The average Bonchev–Trinajstić information content (AvgIpc) is 3.18. The van der Waals surface area contributed by atoms with Crippen LogP contribution >= 0.6 is 0 Å². The third-order valence-electron chi connectivity index (χ3n) is 6.31. The summed E-state index contributed by atoms with van der Waals surface area (Å²) in [4.78, 5) is 16.9. The zero-order valence-electron chi connectivity index (χ0n) is 18.9. The van der Waals surface area contributed by atoms with E-state index >= 15 is 0 Å².